The molecule has 0 aliphatic carbocycles. The van der Waals surface area contributed by atoms with Gasteiger partial charge in [-0.15, -0.1) is 0 Å². The minimum Gasteiger partial charge on any atom is -0.385 e. The standard InChI is InChI=1S/C9H19N2O2P.C9H17N2O2P/c2*1-7(12)8(10-2)6-14(5)9(13)11(3)4/h8,10H,6H2,1-5H3;6,10H,1-5H3/b;8-6-. The van der Waals surface area contributed by atoms with Gasteiger partial charge in [0.1, 0.15) is 5.78 Å². The Hall–Kier alpha value is -1.36. The van der Waals surface area contributed by atoms with Crippen molar-refractivity contribution >= 4 is 38.7 Å². The number of carbonyl (C=O) groups is 4. The topological polar surface area (TPSA) is 98.8 Å². The van der Waals surface area contributed by atoms with E-state index in [4.69, 9.17) is 0 Å². The number of nitrogens with one attached hydrogen (secondary N) is 2. The average molecular weight is 434 g/mol. The van der Waals surface area contributed by atoms with E-state index < -0.39 is 15.8 Å². The summed E-state index contributed by atoms with van der Waals surface area (Å²) in [7, 11) is 8.65. The largest absolute Gasteiger partial charge is 0.385 e. The molecule has 0 saturated carbocycles. The van der Waals surface area contributed by atoms with Gasteiger partial charge in [-0.2, -0.15) is 0 Å². The van der Waals surface area contributed by atoms with Crippen molar-refractivity contribution in [3.63, 3.8) is 0 Å². The number of likely N-dealkylation sites (N-methyl/N-ethyl adjacent to an activating group) is 2. The van der Waals surface area contributed by atoms with Gasteiger partial charge in [-0.05, 0) is 47.2 Å². The molecule has 2 N–H and O–H groups in total. The van der Waals surface area contributed by atoms with Crippen molar-refractivity contribution in [3.05, 3.63) is 11.5 Å². The van der Waals surface area contributed by atoms with Crippen molar-refractivity contribution in [2.45, 2.75) is 19.9 Å². The molecule has 0 saturated heterocycles. The Balaban J connectivity index is 0. The number of carbonyl (C=O) groups excluding carboxylic acids is 4. The third-order valence-corrected chi connectivity index (χ3v) is 7.28. The normalized spacial score (nSPS) is 14.0. The van der Waals surface area contributed by atoms with Crippen LogP contribution in [0.1, 0.15) is 13.8 Å². The van der Waals surface area contributed by atoms with Crippen molar-refractivity contribution in [2.24, 2.45) is 0 Å². The summed E-state index contributed by atoms with van der Waals surface area (Å²) in [5.74, 6) is 1.75. The molecule has 3 unspecified atom stereocenters. The lowest BCUT2D eigenvalue weighted by molar-refractivity contribution is -0.118. The molecule has 0 spiro atoms. The molecule has 28 heavy (non-hydrogen) atoms. The second-order valence-corrected chi connectivity index (χ2v) is 10.7. The lowest BCUT2D eigenvalue weighted by atomic mass is 10.2. The highest BCUT2D eigenvalue weighted by Gasteiger charge is 2.21. The SMILES string of the molecule is CN/C(=C\P(C)C(=O)N(C)C)C(C)=O.CNC(CP(C)C(=O)N(C)C)C(C)=O. The monoisotopic (exact) mass is 434 g/mol. The maximum atomic E-state index is 11.5. The van der Waals surface area contributed by atoms with Gasteiger partial charge in [0.25, 0.3) is 0 Å². The Bertz CT molecular complexity index is 580. The molecule has 0 aromatic carbocycles. The molecule has 2 amide bonds. The highest BCUT2D eigenvalue weighted by atomic mass is 31.1. The van der Waals surface area contributed by atoms with Crippen molar-refractivity contribution in [2.75, 3.05) is 61.8 Å². The van der Waals surface area contributed by atoms with E-state index in [2.05, 4.69) is 10.6 Å². The fourth-order valence-electron chi connectivity index (χ4n) is 2.01. The van der Waals surface area contributed by atoms with Crippen molar-refractivity contribution < 1.29 is 19.2 Å². The zero-order chi connectivity index (χ0) is 22.6. The third-order valence-electron chi connectivity index (χ3n) is 3.66. The van der Waals surface area contributed by atoms with E-state index in [9.17, 15) is 19.2 Å². The molecule has 0 radical (unpaired) electrons. The van der Waals surface area contributed by atoms with Crippen LogP contribution in [-0.2, 0) is 9.59 Å². The summed E-state index contributed by atoms with van der Waals surface area (Å²) in [6.45, 7) is 6.76. The van der Waals surface area contributed by atoms with E-state index in [1.165, 1.54) is 11.8 Å². The number of Topliss-reactive ketones (excluding diaryl/α,β-unsaturated/α-hetero) is 2. The summed E-state index contributed by atoms with van der Waals surface area (Å²) in [6.07, 6.45) is 0.623. The highest BCUT2D eigenvalue weighted by Crippen LogP contribution is 2.36. The fraction of sp³-hybridized carbons (Fsp3) is 0.667. The van der Waals surface area contributed by atoms with Gasteiger partial charge < -0.3 is 20.4 Å². The molecule has 8 nitrogen and oxygen atoms in total. The van der Waals surface area contributed by atoms with E-state index in [1.54, 1.807) is 59.9 Å². The zero-order valence-corrected chi connectivity index (χ0v) is 20.6. The van der Waals surface area contributed by atoms with Gasteiger partial charge in [0.05, 0.1) is 11.7 Å². The molecule has 162 valence electrons. The fourth-order valence-corrected chi connectivity index (χ4v) is 5.28. The molecule has 0 bridgehead atoms. The third kappa shape index (κ3) is 11.5. The molecule has 0 rings (SSSR count). The first kappa shape index (κ1) is 28.8. The molecule has 0 heterocycles. The molecule has 0 aromatic rings. The lowest BCUT2D eigenvalue weighted by Gasteiger charge is -2.20. The van der Waals surface area contributed by atoms with Gasteiger partial charge in [-0.3, -0.25) is 19.2 Å². The Morgan fingerprint density at radius 3 is 1.68 bits per heavy atom. The van der Waals surface area contributed by atoms with E-state index in [-0.39, 0.29) is 28.9 Å². The summed E-state index contributed by atoms with van der Waals surface area (Å²) in [5, 5.41) is 5.71. The Kier molecular flexibility index (Phi) is 15.1. The number of hydrogen-bond donors (Lipinski definition) is 2. The molecule has 0 aliphatic heterocycles. The van der Waals surface area contributed by atoms with Crippen molar-refractivity contribution in [1.82, 2.24) is 20.4 Å². The predicted molar refractivity (Wildman–Crippen MR) is 120 cm³/mol. The first-order chi connectivity index (χ1) is 12.8. The van der Waals surface area contributed by atoms with E-state index in [1.807, 2.05) is 13.3 Å². The Morgan fingerprint density at radius 2 is 1.39 bits per heavy atom. The Morgan fingerprint density at radius 1 is 0.929 bits per heavy atom. The smallest absolute Gasteiger partial charge is 0.246 e. The number of nitrogens with zero attached hydrogens (tertiary/aromatic N) is 2. The molecule has 0 aromatic heterocycles. The van der Waals surface area contributed by atoms with Crippen LogP contribution in [0.2, 0.25) is 0 Å². The second-order valence-electron chi connectivity index (χ2n) is 6.65. The quantitative estimate of drug-likeness (QED) is 0.427. The number of amides is 2. The van der Waals surface area contributed by atoms with Gasteiger partial charge in [-0.1, -0.05) is 0 Å². The minimum absolute atomic E-state index is 0.0478. The Labute approximate surface area is 172 Å². The van der Waals surface area contributed by atoms with E-state index >= 15 is 0 Å². The summed E-state index contributed by atoms with van der Waals surface area (Å²) in [6, 6.07) is -0.185. The molecular weight excluding hydrogens is 398 g/mol. The van der Waals surface area contributed by atoms with Gasteiger partial charge in [-0.25, -0.2) is 0 Å². The maximum Gasteiger partial charge on any atom is 0.246 e. The zero-order valence-electron chi connectivity index (χ0n) is 18.8. The maximum absolute atomic E-state index is 11.5. The van der Waals surface area contributed by atoms with Crippen LogP contribution in [0.15, 0.2) is 11.5 Å². The lowest BCUT2D eigenvalue weighted by Crippen LogP contribution is -2.36. The average Bonchev–Trinajstić information content (AvgIpc) is 2.61. The summed E-state index contributed by atoms with van der Waals surface area (Å²) in [5.41, 5.74) is 0.685. The van der Waals surface area contributed by atoms with E-state index in [0.29, 0.717) is 11.9 Å². The number of allylic oxidation sites excluding steroid dienone is 1. The number of hydrogen-bond acceptors (Lipinski definition) is 6. The summed E-state index contributed by atoms with van der Waals surface area (Å²) < 4.78 is 0. The van der Waals surface area contributed by atoms with Gasteiger partial charge >= 0.3 is 0 Å². The minimum atomic E-state index is -0.917. The van der Waals surface area contributed by atoms with E-state index in [0.717, 1.165) is 0 Å². The summed E-state index contributed by atoms with van der Waals surface area (Å²) in [4.78, 5) is 48.3. The van der Waals surface area contributed by atoms with Gasteiger partial charge in [0.2, 0.25) is 11.3 Å². The van der Waals surface area contributed by atoms with Gasteiger partial charge in [0, 0.05) is 50.1 Å². The van der Waals surface area contributed by atoms with Gasteiger partial charge in [0.15, 0.2) is 5.78 Å². The molecule has 3 atom stereocenters. The second kappa shape index (κ2) is 14.6. The first-order valence-corrected chi connectivity index (χ1v) is 12.6. The van der Waals surface area contributed by atoms with Crippen LogP contribution >= 0.6 is 15.8 Å². The van der Waals surface area contributed by atoms with Crippen LogP contribution < -0.4 is 10.6 Å². The molecule has 0 fully saturated rings. The van der Waals surface area contributed by atoms with Crippen molar-refractivity contribution in [1.29, 1.82) is 0 Å². The number of rotatable bonds is 9. The predicted octanol–water partition coefficient (Wildman–Crippen LogP) is 2.39. The molecule has 10 heteroatoms. The molecule has 0 aliphatic rings. The molecular formula is C18H36N4O4P2. The van der Waals surface area contributed by atoms with Crippen LogP contribution in [0.4, 0.5) is 9.59 Å². The van der Waals surface area contributed by atoms with Crippen LogP contribution in [0, 0.1) is 0 Å². The van der Waals surface area contributed by atoms with Crippen LogP contribution in [-0.4, -0.2) is 100 Å². The highest BCUT2D eigenvalue weighted by molar-refractivity contribution is 7.76. The first-order valence-electron chi connectivity index (χ1n) is 8.74. The van der Waals surface area contributed by atoms with Crippen molar-refractivity contribution in [3.8, 4) is 0 Å². The van der Waals surface area contributed by atoms with Crippen LogP contribution in [0.25, 0.3) is 0 Å². The number of ketones is 2. The van der Waals surface area contributed by atoms with Crippen LogP contribution in [0.5, 0.6) is 0 Å². The van der Waals surface area contributed by atoms with Crippen LogP contribution in [0.3, 0.4) is 0 Å². The summed E-state index contributed by atoms with van der Waals surface area (Å²) >= 11 is 0.